The highest BCUT2D eigenvalue weighted by atomic mass is 28.3. The van der Waals surface area contributed by atoms with E-state index in [0.717, 1.165) is 61.8 Å². The van der Waals surface area contributed by atoms with E-state index >= 15 is 0 Å². The summed E-state index contributed by atoms with van der Waals surface area (Å²) in [6.07, 6.45) is 5.88. The quantitative estimate of drug-likeness (QED) is 0.128. The van der Waals surface area contributed by atoms with Gasteiger partial charge in [0, 0.05) is 40.4 Å². The Hall–Kier alpha value is -7.93. The molecule has 0 aliphatic heterocycles. The summed E-state index contributed by atoms with van der Waals surface area (Å²) in [6.45, 7) is 29.7. The lowest BCUT2D eigenvalue weighted by molar-refractivity contribution is 0.669. The average Bonchev–Trinajstić information content (AvgIpc) is 1.77. The molecule has 0 radical (unpaired) electrons. The van der Waals surface area contributed by atoms with Gasteiger partial charge in [0.2, 0.25) is 0 Å². The molecule has 12 aromatic rings. The molecule has 0 atom stereocenters. The number of nitrogens with zero attached hydrogens (tertiary/aromatic N) is 4. The average molecular weight is 1130 g/mol. The fraction of sp³-hybridized carbons (Fsp3) is 0.178. The first-order chi connectivity index (χ1) is 39.2. The molecule has 9 heteroatoms. The molecule has 3 heterocycles. The summed E-state index contributed by atoms with van der Waals surface area (Å²) in [7, 11) is -7.31. The van der Waals surface area contributed by atoms with E-state index in [1.807, 2.05) is 24.7 Å². The SMILES string of the molecule is C[Si](C)(C)c1cc(N(c2ccc3c(c2)C2(c4ccc5ccccc5c4-c4c2ccc2ccccc42)c2cc(N(c4cccnc4)c4cc([Si](C)(C)C)cc([Si](C)(C)C)c4)c4c(oc5ccccc54)c2-3)c2ccccn2)cc([Si](C)(C)C)c1. The van der Waals surface area contributed by atoms with E-state index in [4.69, 9.17) is 14.4 Å². The van der Waals surface area contributed by atoms with Crippen LogP contribution in [0.3, 0.4) is 0 Å². The van der Waals surface area contributed by atoms with Crippen LogP contribution in [0.4, 0.5) is 34.3 Å². The van der Waals surface area contributed by atoms with Gasteiger partial charge in [-0.05, 0) is 133 Å². The monoisotopic (exact) mass is 1130 g/mol. The normalized spacial score (nSPS) is 13.7. The van der Waals surface area contributed by atoms with Crippen LogP contribution < -0.4 is 30.5 Å². The number of aromatic nitrogens is 2. The fourth-order valence-corrected chi connectivity index (χ4v) is 18.4. The Kier molecular flexibility index (Phi) is 11.8. The van der Waals surface area contributed by atoms with Crippen LogP contribution in [0.25, 0.3) is 65.7 Å². The summed E-state index contributed by atoms with van der Waals surface area (Å²) in [4.78, 5) is 15.0. The van der Waals surface area contributed by atoms with Crippen molar-refractivity contribution in [3.8, 4) is 22.3 Å². The Morgan fingerprint density at radius 3 is 1.46 bits per heavy atom. The van der Waals surface area contributed by atoms with Gasteiger partial charge in [-0.25, -0.2) is 4.98 Å². The molecular formula is C73H70N4OSi4. The van der Waals surface area contributed by atoms with Crippen molar-refractivity contribution in [2.24, 2.45) is 0 Å². The van der Waals surface area contributed by atoms with Gasteiger partial charge in [-0.2, -0.15) is 0 Å². The van der Waals surface area contributed by atoms with Gasteiger partial charge in [-0.15, -0.1) is 0 Å². The maximum Gasteiger partial charge on any atom is 0.145 e. The van der Waals surface area contributed by atoms with Crippen LogP contribution in [0.5, 0.6) is 0 Å². The zero-order valence-corrected chi connectivity index (χ0v) is 53.3. The molecule has 82 heavy (non-hydrogen) atoms. The summed E-state index contributed by atoms with van der Waals surface area (Å²) < 4.78 is 7.55. The molecule has 2 aliphatic rings. The molecule has 14 rings (SSSR count). The minimum atomic E-state index is -1.85. The summed E-state index contributed by atoms with van der Waals surface area (Å²) in [6, 6.07) is 71.9. The van der Waals surface area contributed by atoms with Crippen LogP contribution in [0.2, 0.25) is 78.6 Å². The molecule has 0 saturated heterocycles. The molecule has 9 aromatic carbocycles. The largest absolute Gasteiger partial charge is 0.455 e. The van der Waals surface area contributed by atoms with Gasteiger partial charge in [0.25, 0.3) is 0 Å². The number of anilines is 6. The van der Waals surface area contributed by atoms with Crippen LogP contribution in [0.15, 0.2) is 211 Å². The van der Waals surface area contributed by atoms with Crippen molar-refractivity contribution in [2.45, 2.75) is 84.0 Å². The van der Waals surface area contributed by atoms with Crippen molar-refractivity contribution in [1.29, 1.82) is 0 Å². The molecule has 1 spiro atoms. The highest BCUT2D eigenvalue weighted by Crippen LogP contribution is 2.67. The van der Waals surface area contributed by atoms with E-state index < -0.39 is 37.7 Å². The zero-order valence-electron chi connectivity index (χ0n) is 49.3. The van der Waals surface area contributed by atoms with E-state index in [9.17, 15) is 0 Å². The van der Waals surface area contributed by atoms with Gasteiger partial charge in [-0.1, -0.05) is 215 Å². The number of benzene rings is 9. The Bertz CT molecular complexity index is 4430. The first-order valence-electron chi connectivity index (χ1n) is 29.1. The molecule has 0 fully saturated rings. The number of para-hydroxylation sites is 1. The lowest BCUT2D eigenvalue weighted by atomic mass is 9.70. The highest BCUT2D eigenvalue weighted by molar-refractivity contribution is 6.92. The molecule has 0 unspecified atom stereocenters. The van der Waals surface area contributed by atoms with Crippen LogP contribution in [-0.4, -0.2) is 42.3 Å². The molecular weight excluding hydrogens is 1060 g/mol. The first kappa shape index (κ1) is 52.2. The standard InChI is InChI=1S/C73H70N4OSi4/c1-79(2,3)53-38-51(39-54(43-53)80(4,5)6)76(50-24-21-36-74-46-50)65-45-64-70(72-71(65)60-27-17-18-28-66(60)78-72)59-33-32-49(77(67-29-19-20-37-75-67)52-40-55(81(7,8)9)44-56(41-52)82(10,11)12)42-63(59)73(64)61-34-30-47-22-13-15-25-57(47)68(61)69-58-26-16-14-23-48(58)31-35-62(69)73/h13-46H,1-12H3. The zero-order chi connectivity index (χ0) is 56.8. The van der Waals surface area contributed by atoms with Crippen molar-refractivity contribution < 1.29 is 4.42 Å². The van der Waals surface area contributed by atoms with Gasteiger partial charge in [0.1, 0.15) is 17.0 Å². The number of furan rings is 1. The summed E-state index contributed by atoms with van der Waals surface area (Å²) >= 11 is 0. The van der Waals surface area contributed by atoms with Crippen molar-refractivity contribution in [3.05, 3.63) is 229 Å². The van der Waals surface area contributed by atoms with Crippen LogP contribution in [0, 0.1) is 0 Å². The van der Waals surface area contributed by atoms with Gasteiger partial charge in [0.05, 0.1) is 60.7 Å². The third-order valence-corrected chi connectivity index (χ3v) is 25.8. The maximum atomic E-state index is 7.55. The van der Waals surface area contributed by atoms with Crippen LogP contribution in [0.1, 0.15) is 22.3 Å². The van der Waals surface area contributed by atoms with Crippen LogP contribution >= 0.6 is 0 Å². The van der Waals surface area contributed by atoms with Gasteiger partial charge < -0.3 is 9.32 Å². The second-order valence-corrected chi connectivity index (χ2v) is 47.4. The molecule has 0 bridgehead atoms. The minimum Gasteiger partial charge on any atom is -0.455 e. The molecule has 404 valence electrons. The van der Waals surface area contributed by atoms with Crippen molar-refractivity contribution in [3.63, 3.8) is 0 Å². The molecule has 3 aromatic heterocycles. The third kappa shape index (κ3) is 8.09. The third-order valence-electron chi connectivity index (χ3n) is 17.7. The van der Waals surface area contributed by atoms with E-state index in [-0.39, 0.29) is 0 Å². The minimum absolute atomic E-state index is 0.814. The molecule has 0 saturated carbocycles. The van der Waals surface area contributed by atoms with Crippen molar-refractivity contribution in [1.82, 2.24) is 9.97 Å². The first-order valence-corrected chi connectivity index (χ1v) is 43.1. The smallest absolute Gasteiger partial charge is 0.145 e. The second-order valence-electron chi connectivity index (χ2n) is 27.1. The Morgan fingerprint density at radius 2 is 0.927 bits per heavy atom. The number of pyridine rings is 2. The molecule has 0 N–H and O–H groups in total. The maximum absolute atomic E-state index is 7.55. The summed E-state index contributed by atoms with van der Waals surface area (Å²) in [5, 5.41) is 12.9. The molecule has 2 aliphatic carbocycles. The summed E-state index contributed by atoms with van der Waals surface area (Å²) in [5.74, 6) is 0.887. The van der Waals surface area contributed by atoms with Gasteiger partial charge >= 0.3 is 0 Å². The van der Waals surface area contributed by atoms with E-state index in [2.05, 4.69) is 270 Å². The highest BCUT2D eigenvalue weighted by Gasteiger charge is 2.54. The second kappa shape index (κ2) is 18.5. The van der Waals surface area contributed by atoms with E-state index in [1.54, 1.807) is 0 Å². The lowest BCUT2D eigenvalue weighted by Crippen LogP contribution is -2.45. The summed E-state index contributed by atoms with van der Waals surface area (Å²) in [5.41, 5.74) is 16.2. The predicted molar refractivity (Wildman–Crippen MR) is 362 cm³/mol. The molecule has 5 nitrogen and oxygen atoms in total. The topological polar surface area (TPSA) is 45.4 Å². The molecule has 0 amide bonds. The number of hydrogen-bond donors (Lipinski definition) is 0. The van der Waals surface area contributed by atoms with Crippen molar-refractivity contribution in [2.75, 3.05) is 9.80 Å². The Labute approximate surface area is 487 Å². The number of fused-ring (bicyclic) bond motifs is 18. The lowest BCUT2D eigenvalue weighted by Gasteiger charge is -2.34. The van der Waals surface area contributed by atoms with Gasteiger partial charge in [-0.3, -0.25) is 9.88 Å². The van der Waals surface area contributed by atoms with Crippen LogP contribution in [-0.2, 0) is 5.41 Å². The Morgan fingerprint density at radius 1 is 0.390 bits per heavy atom. The fourth-order valence-electron chi connectivity index (χ4n) is 13.4. The van der Waals surface area contributed by atoms with Gasteiger partial charge in [0.15, 0.2) is 0 Å². The van der Waals surface area contributed by atoms with E-state index in [1.165, 1.54) is 81.2 Å². The van der Waals surface area contributed by atoms with Crippen molar-refractivity contribution >= 4 is 131 Å². The number of hydrogen-bond acceptors (Lipinski definition) is 5. The number of rotatable bonds is 10. The van der Waals surface area contributed by atoms with E-state index in [0.29, 0.717) is 0 Å². The predicted octanol–water partition coefficient (Wildman–Crippen LogP) is 18.1. The Balaban J connectivity index is 1.17.